The lowest BCUT2D eigenvalue weighted by atomic mass is 9.90. The molecule has 3 aromatic rings. The summed E-state index contributed by atoms with van der Waals surface area (Å²) in [5, 5.41) is 1.44. The molecule has 3 aromatic carbocycles. The van der Waals surface area contributed by atoms with Crippen LogP contribution in [0.1, 0.15) is 11.6 Å². The van der Waals surface area contributed by atoms with Gasteiger partial charge in [-0.15, -0.1) is 0 Å². The predicted molar refractivity (Wildman–Crippen MR) is 105 cm³/mol. The summed E-state index contributed by atoms with van der Waals surface area (Å²) in [6.45, 7) is 0. The second-order valence-electron chi connectivity index (χ2n) is 7.18. The van der Waals surface area contributed by atoms with E-state index < -0.39 is 41.5 Å². The van der Waals surface area contributed by atoms with Gasteiger partial charge in [-0.25, -0.2) is 18.7 Å². The monoisotopic (exact) mass is 406 g/mol. The number of para-hydroxylation sites is 2. The van der Waals surface area contributed by atoms with E-state index in [0.717, 1.165) is 17.0 Å². The second kappa shape index (κ2) is 7.03. The molecule has 150 valence electrons. The predicted octanol–water partition coefficient (Wildman–Crippen LogP) is 4.02. The number of halogens is 2. The van der Waals surface area contributed by atoms with Crippen LogP contribution in [-0.2, 0) is 14.4 Å². The van der Waals surface area contributed by atoms with Crippen molar-refractivity contribution in [2.24, 2.45) is 5.92 Å². The molecule has 2 aliphatic rings. The minimum Gasteiger partial charge on any atom is -0.273 e. The molecule has 2 amide bonds. The van der Waals surface area contributed by atoms with E-state index in [-0.39, 0.29) is 0 Å². The molecule has 2 aliphatic heterocycles. The molecule has 7 heteroatoms. The standard InChI is InChI=1S/C23H16F2N2O3/c24-17-12-11-14(13-18(17)25)20-19-21(30-27(20)16-9-5-2-6-10-16)23(29)26(22(19)28)15-7-3-1-4-8-15/h1-13,19-21H/t19-,20+,21-/m1/s1. The molecule has 0 aromatic heterocycles. The van der Waals surface area contributed by atoms with Crippen molar-refractivity contribution in [2.45, 2.75) is 12.1 Å². The fourth-order valence-corrected chi connectivity index (χ4v) is 4.08. The summed E-state index contributed by atoms with van der Waals surface area (Å²) in [5.74, 6) is -3.84. The van der Waals surface area contributed by atoms with Crippen molar-refractivity contribution in [3.05, 3.63) is 96.1 Å². The number of rotatable bonds is 3. The fourth-order valence-electron chi connectivity index (χ4n) is 4.08. The minimum absolute atomic E-state index is 0.348. The molecule has 2 saturated heterocycles. The third-order valence-electron chi connectivity index (χ3n) is 5.43. The summed E-state index contributed by atoms with van der Waals surface area (Å²) >= 11 is 0. The number of carbonyl (C=O) groups excluding carboxylic acids is 2. The van der Waals surface area contributed by atoms with Gasteiger partial charge in [0.25, 0.3) is 5.91 Å². The van der Waals surface area contributed by atoms with Crippen molar-refractivity contribution in [3.8, 4) is 0 Å². The summed E-state index contributed by atoms with van der Waals surface area (Å²) in [7, 11) is 0. The number of nitrogens with zero attached hydrogens (tertiary/aromatic N) is 2. The van der Waals surface area contributed by atoms with Crippen LogP contribution in [0.15, 0.2) is 78.9 Å². The van der Waals surface area contributed by atoms with Crippen molar-refractivity contribution < 1.29 is 23.2 Å². The van der Waals surface area contributed by atoms with Crippen molar-refractivity contribution in [2.75, 3.05) is 9.96 Å². The van der Waals surface area contributed by atoms with Crippen LogP contribution in [0.5, 0.6) is 0 Å². The van der Waals surface area contributed by atoms with E-state index in [9.17, 15) is 18.4 Å². The molecule has 0 radical (unpaired) electrons. The van der Waals surface area contributed by atoms with Crippen LogP contribution in [0.2, 0.25) is 0 Å². The number of hydrogen-bond donors (Lipinski definition) is 0. The summed E-state index contributed by atoms with van der Waals surface area (Å²) in [5.41, 5.74) is 1.40. The zero-order chi connectivity index (χ0) is 20.8. The van der Waals surface area contributed by atoms with Gasteiger partial charge in [0.15, 0.2) is 17.7 Å². The molecule has 0 spiro atoms. The Hall–Kier alpha value is -3.58. The molecular formula is C23H16F2N2O3. The Kier molecular flexibility index (Phi) is 4.33. The average molecular weight is 406 g/mol. The van der Waals surface area contributed by atoms with Gasteiger partial charge in [0, 0.05) is 0 Å². The zero-order valence-electron chi connectivity index (χ0n) is 15.6. The maximum atomic E-state index is 14.0. The van der Waals surface area contributed by atoms with Crippen molar-refractivity contribution in [1.82, 2.24) is 0 Å². The lowest BCUT2D eigenvalue weighted by molar-refractivity contribution is -0.126. The number of imide groups is 1. The van der Waals surface area contributed by atoms with Gasteiger partial charge in [0.2, 0.25) is 5.91 Å². The molecule has 30 heavy (non-hydrogen) atoms. The maximum absolute atomic E-state index is 14.0. The third-order valence-corrected chi connectivity index (χ3v) is 5.43. The number of carbonyl (C=O) groups is 2. The van der Waals surface area contributed by atoms with Crippen LogP contribution in [0.4, 0.5) is 20.2 Å². The van der Waals surface area contributed by atoms with E-state index in [0.29, 0.717) is 16.9 Å². The van der Waals surface area contributed by atoms with Gasteiger partial charge in [-0.1, -0.05) is 42.5 Å². The highest BCUT2D eigenvalue weighted by Gasteiger charge is 2.60. The Bertz CT molecular complexity index is 1120. The molecule has 0 unspecified atom stereocenters. The number of fused-ring (bicyclic) bond motifs is 1. The van der Waals surface area contributed by atoms with Crippen molar-refractivity contribution >= 4 is 23.2 Å². The lowest BCUT2D eigenvalue weighted by Gasteiger charge is -2.28. The highest BCUT2D eigenvalue weighted by molar-refractivity contribution is 6.23. The van der Waals surface area contributed by atoms with Crippen LogP contribution in [0.3, 0.4) is 0 Å². The summed E-state index contributed by atoms with van der Waals surface area (Å²) < 4.78 is 27.6. The number of benzene rings is 3. The molecule has 5 nitrogen and oxygen atoms in total. The molecule has 0 aliphatic carbocycles. The van der Waals surface area contributed by atoms with E-state index in [2.05, 4.69) is 0 Å². The van der Waals surface area contributed by atoms with Gasteiger partial charge in [-0.3, -0.25) is 14.4 Å². The first-order valence-electron chi connectivity index (χ1n) is 9.45. The van der Waals surface area contributed by atoms with E-state index in [4.69, 9.17) is 4.84 Å². The number of hydrogen-bond acceptors (Lipinski definition) is 4. The van der Waals surface area contributed by atoms with Gasteiger partial charge in [0.1, 0.15) is 5.92 Å². The van der Waals surface area contributed by atoms with E-state index >= 15 is 0 Å². The minimum atomic E-state index is -1.06. The molecule has 2 fully saturated rings. The highest BCUT2D eigenvalue weighted by Crippen LogP contribution is 2.47. The first kappa shape index (κ1) is 18.4. The van der Waals surface area contributed by atoms with E-state index in [1.807, 2.05) is 6.07 Å². The van der Waals surface area contributed by atoms with E-state index in [1.54, 1.807) is 54.6 Å². The second-order valence-corrected chi connectivity index (χ2v) is 7.18. The number of anilines is 2. The molecular weight excluding hydrogens is 390 g/mol. The van der Waals surface area contributed by atoms with Gasteiger partial charge in [-0.05, 0) is 42.0 Å². The van der Waals surface area contributed by atoms with Gasteiger partial charge in [-0.2, -0.15) is 0 Å². The molecule has 5 rings (SSSR count). The molecule has 0 N–H and O–H groups in total. The van der Waals surface area contributed by atoms with Gasteiger partial charge >= 0.3 is 0 Å². The Morgan fingerprint density at radius 2 is 1.37 bits per heavy atom. The first-order valence-corrected chi connectivity index (χ1v) is 9.45. The molecule has 3 atom stereocenters. The van der Waals surface area contributed by atoms with Crippen molar-refractivity contribution in [1.29, 1.82) is 0 Å². The van der Waals surface area contributed by atoms with Crippen LogP contribution < -0.4 is 9.96 Å². The average Bonchev–Trinajstić information content (AvgIpc) is 3.28. The van der Waals surface area contributed by atoms with Crippen molar-refractivity contribution in [3.63, 3.8) is 0 Å². The number of hydroxylamine groups is 1. The van der Waals surface area contributed by atoms with E-state index in [1.165, 1.54) is 11.1 Å². The topological polar surface area (TPSA) is 49.9 Å². The largest absolute Gasteiger partial charge is 0.273 e. The SMILES string of the molecule is O=C1[C@H]2[C@@H](ON(c3ccccc3)[C@H]2c2ccc(F)c(F)c2)C(=O)N1c1ccccc1. The number of amides is 2. The fraction of sp³-hybridized carbons (Fsp3) is 0.130. The first-order chi connectivity index (χ1) is 14.6. The van der Waals surface area contributed by atoms with Crippen LogP contribution in [0, 0.1) is 17.6 Å². The molecule has 0 bridgehead atoms. The van der Waals surface area contributed by atoms with Gasteiger partial charge < -0.3 is 0 Å². The summed E-state index contributed by atoms with van der Waals surface area (Å²) in [4.78, 5) is 33.5. The quantitative estimate of drug-likeness (QED) is 0.617. The summed E-state index contributed by atoms with van der Waals surface area (Å²) in [6.07, 6.45) is -1.06. The zero-order valence-corrected chi connectivity index (χ0v) is 15.6. The Balaban J connectivity index is 1.61. The lowest BCUT2D eigenvalue weighted by Crippen LogP contribution is -2.37. The summed E-state index contributed by atoms with van der Waals surface area (Å²) in [6, 6.07) is 20.2. The molecule has 0 saturated carbocycles. The maximum Gasteiger partial charge on any atom is 0.266 e. The third kappa shape index (κ3) is 2.78. The van der Waals surface area contributed by atoms with Crippen LogP contribution in [-0.4, -0.2) is 17.9 Å². The normalized spacial score (nSPS) is 23.2. The Labute approximate surface area is 171 Å². The van der Waals surface area contributed by atoms with Gasteiger partial charge in [0.05, 0.1) is 17.4 Å². The Morgan fingerprint density at radius 3 is 2.00 bits per heavy atom. The smallest absolute Gasteiger partial charge is 0.266 e. The Morgan fingerprint density at radius 1 is 0.733 bits per heavy atom. The molecule has 2 heterocycles. The van der Waals surface area contributed by atoms with Crippen LogP contribution >= 0.6 is 0 Å². The highest BCUT2D eigenvalue weighted by atomic mass is 19.2. The van der Waals surface area contributed by atoms with Crippen LogP contribution in [0.25, 0.3) is 0 Å².